The van der Waals surface area contributed by atoms with Crippen LogP contribution in [0.5, 0.6) is 0 Å². The van der Waals surface area contributed by atoms with Crippen molar-refractivity contribution in [3.8, 4) is 0 Å². The molecular weight excluding hydrogens is 272 g/mol. The normalized spacial score (nSPS) is 22.2. The van der Waals surface area contributed by atoms with Gasteiger partial charge in [0, 0.05) is 13.6 Å². The monoisotopic (exact) mass is 296 g/mol. The number of nitrogens with zero attached hydrogens (tertiary/aromatic N) is 3. The Morgan fingerprint density at radius 2 is 2.10 bits per heavy atom. The lowest BCUT2D eigenvalue weighted by Crippen LogP contribution is -2.24. The second kappa shape index (κ2) is 6.89. The maximum absolute atomic E-state index is 11.3. The second-order valence-electron chi connectivity index (χ2n) is 5.83. The lowest BCUT2D eigenvalue weighted by molar-refractivity contribution is -0.384. The first-order valence-electron chi connectivity index (χ1n) is 7.65. The average molecular weight is 296 g/mol. The molecule has 0 radical (unpaired) electrons. The van der Waals surface area contributed by atoms with E-state index >= 15 is 0 Å². The molecule has 0 spiro atoms. The molecule has 1 saturated carbocycles. The quantitative estimate of drug-likeness (QED) is 0.620. The van der Waals surface area contributed by atoms with Crippen molar-refractivity contribution in [3.05, 3.63) is 15.8 Å². The topological polar surface area (TPSA) is 93.2 Å². The lowest BCUT2D eigenvalue weighted by atomic mass is 9.87. The van der Waals surface area contributed by atoms with E-state index in [1.165, 1.54) is 0 Å². The van der Waals surface area contributed by atoms with Gasteiger partial charge in [0.25, 0.3) is 0 Å². The third kappa shape index (κ3) is 3.72. The summed E-state index contributed by atoms with van der Waals surface area (Å²) in [6, 6.07) is 0. The summed E-state index contributed by atoms with van der Waals surface area (Å²) in [5.74, 6) is 0.951. The van der Waals surface area contributed by atoms with Gasteiger partial charge in [-0.15, -0.1) is 0 Å². The largest absolute Gasteiger partial charge is 0.393 e. The fourth-order valence-corrected chi connectivity index (χ4v) is 2.95. The van der Waals surface area contributed by atoms with Crippen LogP contribution >= 0.6 is 0 Å². The SMILES string of the molecule is CCCc1nn(C)c(NCC2CCC(O)CC2)c1[N+](=O)[O-]. The summed E-state index contributed by atoms with van der Waals surface area (Å²) in [5, 5.41) is 28.3. The van der Waals surface area contributed by atoms with Crippen molar-refractivity contribution in [1.29, 1.82) is 0 Å². The van der Waals surface area contributed by atoms with Crippen molar-refractivity contribution in [2.24, 2.45) is 13.0 Å². The average Bonchev–Trinajstić information content (AvgIpc) is 2.75. The summed E-state index contributed by atoms with van der Waals surface area (Å²) in [4.78, 5) is 11.0. The van der Waals surface area contributed by atoms with Gasteiger partial charge in [0.2, 0.25) is 5.82 Å². The van der Waals surface area contributed by atoms with Gasteiger partial charge in [-0.2, -0.15) is 5.10 Å². The minimum absolute atomic E-state index is 0.107. The molecule has 21 heavy (non-hydrogen) atoms. The fourth-order valence-electron chi connectivity index (χ4n) is 2.95. The molecule has 7 nitrogen and oxygen atoms in total. The van der Waals surface area contributed by atoms with E-state index < -0.39 is 0 Å². The van der Waals surface area contributed by atoms with E-state index in [-0.39, 0.29) is 16.7 Å². The minimum atomic E-state index is -0.342. The molecule has 1 fully saturated rings. The number of hydrogen-bond donors (Lipinski definition) is 2. The van der Waals surface area contributed by atoms with Crippen LogP contribution in [0.3, 0.4) is 0 Å². The highest BCUT2D eigenvalue weighted by Crippen LogP contribution is 2.30. The van der Waals surface area contributed by atoms with E-state index in [9.17, 15) is 15.2 Å². The van der Waals surface area contributed by atoms with Gasteiger partial charge in [0.15, 0.2) is 0 Å². The molecule has 0 saturated heterocycles. The predicted molar refractivity (Wildman–Crippen MR) is 80.3 cm³/mol. The number of anilines is 1. The van der Waals surface area contributed by atoms with E-state index in [2.05, 4.69) is 10.4 Å². The van der Waals surface area contributed by atoms with Crippen LogP contribution in [0.4, 0.5) is 11.5 Å². The summed E-state index contributed by atoms with van der Waals surface area (Å²) in [5.41, 5.74) is 0.654. The summed E-state index contributed by atoms with van der Waals surface area (Å²) in [6.07, 6.45) is 4.83. The second-order valence-corrected chi connectivity index (χ2v) is 5.83. The Balaban J connectivity index is 2.06. The highest BCUT2D eigenvalue weighted by molar-refractivity contribution is 5.59. The Morgan fingerprint density at radius 1 is 1.43 bits per heavy atom. The zero-order valence-corrected chi connectivity index (χ0v) is 12.7. The Labute approximate surface area is 124 Å². The van der Waals surface area contributed by atoms with Gasteiger partial charge in [-0.05, 0) is 38.0 Å². The van der Waals surface area contributed by atoms with Crippen LogP contribution in [0.1, 0.15) is 44.7 Å². The predicted octanol–water partition coefficient (Wildman–Crippen LogP) is 2.24. The Bertz CT molecular complexity index is 493. The Hall–Kier alpha value is -1.63. The van der Waals surface area contributed by atoms with Crippen molar-refractivity contribution in [1.82, 2.24) is 9.78 Å². The molecule has 2 N–H and O–H groups in total. The first-order chi connectivity index (χ1) is 10.0. The number of hydrogen-bond acceptors (Lipinski definition) is 5. The summed E-state index contributed by atoms with van der Waals surface area (Å²) < 4.78 is 1.57. The van der Waals surface area contributed by atoms with Gasteiger partial charge in [0.1, 0.15) is 5.69 Å². The molecule has 1 aromatic rings. The maximum Gasteiger partial charge on any atom is 0.333 e. The van der Waals surface area contributed by atoms with Crippen molar-refractivity contribution < 1.29 is 10.0 Å². The van der Waals surface area contributed by atoms with Crippen LogP contribution in [-0.2, 0) is 13.5 Å². The van der Waals surface area contributed by atoms with Gasteiger partial charge in [-0.25, -0.2) is 4.68 Å². The highest BCUT2D eigenvalue weighted by atomic mass is 16.6. The van der Waals surface area contributed by atoms with Crippen LogP contribution in [0.2, 0.25) is 0 Å². The van der Waals surface area contributed by atoms with Crippen LogP contribution in [-0.4, -0.2) is 32.5 Å². The maximum atomic E-state index is 11.3. The molecule has 1 aliphatic rings. The molecule has 118 valence electrons. The zero-order valence-electron chi connectivity index (χ0n) is 12.7. The van der Waals surface area contributed by atoms with Crippen molar-refractivity contribution in [2.75, 3.05) is 11.9 Å². The van der Waals surface area contributed by atoms with E-state index in [4.69, 9.17) is 0 Å². The summed E-state index contributed by atoms with van der Waals surface area (Å²) >= 11 is 0. The highest BCUT2D eigenvalue weighted by Gasteiger charge is 2.27. The molecule has 1 heterocycles. The third-order valence-electron chi connectivity index (χ3n) is 4.14. The molecule has 1 aromatic heterocycles. The standard InChI is InChI=1S/C14H24N4O3/c1-3-4-12-13(18(20)21)14(17(2)16-12)15-9-10-5-7-11(19)8-6-10/h10-11,15,19H,3-9H2,1-2H3. The molecule has 0 aromatic carbocycles. The molecule has 1 aliphatic carbocycles. The first-order valence-corrected chi connectivity index (χ1v) is 7.65. The minimum Gasteiger partial charge on any atom is -0.393 e. The number of aliphatic hydroxyl groups excluding tert-OH is 1. The van der Waals surface area contributed by atoms with Crippen LogP contribution in [0, 0.1) is 16.0 Å². The summed E-state index contributed by atoms with van der Waals surface area (Å²) in [6.45, 7) is 2.68. The molecule has 0 aliphatic heterocycles. The third-order valence-corrected chi connectivity index (χ3v) is 4.14. The van der Waals surface area contributed by atoms with Gasteiger partial charge < -0.3 is 10.4 Å². The molecule has 0 amide bonds. The number of nitrogens with one attached hydrogen (secondary N) is 1. The van der Waals surface area contributed by atoms with Crippen LogP contribution in [0.15, 0.2) is 0 Å². The van der Waals surface area contributed by atoms with Gasteiger partial charge in [0.05, 0.1) is 11.0 Å². The van der Waals surface area contributed by atoms with E-state index in [0.29, 0.717) is 30.4 Å². The van der Waals surface area contributed by atoms with E-state index in [1.54, 1.807) is 11.7 Å². The number of rotatable bonds is 6. The van der Waals surface area contributed by atoms with E-state index in [1.807, 2.05) is 6.92 Å². The molecule has 0 atom stereocenters. The number of aryl methyl sites for hydroxylation is 2. The van der Waals surface area contributed by atoms with Gasteiger partial charge in [-0.1, -0.05) is 13.3 Å². The van der Waals surface area contributed by atoms with E-state index in [0.717, 1.165) is 32.1 Å². The van der Waals surface area contributed by atoms with Crippen molar-refractivity contribution in [2.45, 2.75) is 51.6 Å². The summed E-state index contributed by atoms with van der Waals surface area (Å²) in [7, 11) is 1.74. The fraction of sp³-hybridized carbons (Fsp3) is 0.786. The van der Waals surface area contributed by atoms with Crippen molar-refractivity contribution >= 4 is 11.5 Å². The van der Waals surface area contributed by atoms with Crippen LogP contribution < -0.4 is 5.32 Å². The number of nitro groups is 1. The molecular formula is C14H24N4O3. The number of aliphatic hydroxyl groups is 1. The van der Waals surface area contributed by atoms with Crippen LogP contribution in [0.25, 0.3) is 0 Å². The molecule has 7 heteroatoms. The van der Waals surface area contributed by atoms with Crippen molar-refractivity contribution in [3.63, 3.8) is 0 Å². The Morgan fingerprint density at radius 3 is 2.67 bits per heavy atom. The lowest BCUT2D eigenvalue weighted by Gasteiger charge is -2.25. The molecule has 0 bridgehead atoms. The zero-order chi connectivity index (χ0) is 15.4. The molecule has 0 unspecified atom stereocenters. The van der Waals surface area contributed by atoms with Gasteiger partial charge >= 0.3 is 5.69 Å². The smallest absolute Gasteiger partial charge is 0.333 e. The Kier molecular flexibility index (Phi) is 5.17. The van der Waals surface area contributed by atoms with Gasteiger partial charge in [-0.3, -0.25) is 10.1 Å². The first kappa shape index (κ1) is 15.8. The number of aromatic nitrogens is 2. The molecule has 2 rings (SSSR count).